The predicted molar refractivity (Wildman–Crippen MR) is 144 cm³/mol. The summed E-state index contributed by atoms with van der Waals surface area (Å²) in [6.07, 6.45) is 1.62. The number of thiophene rings is 1. The number of carbonyl (C=O) groups is 1. The van der Waals surface area contributed by atoms with Gasteiger partial charge in [-0.25, -0.2) is 19.6 Å². The van der Waals surface area contributed by atoms with Crippen molar-refractivity contribution in [2.24, 2.45) is 0 Å². The largest absolute Gasteiger partial charge is 0.477 e. The minimum absolute atomic E-state index is 0.0203. The molecule has 0 fully saturated rings. The molecule has 0 atom stereocenters. The highest BCUT2D eigenvalue weighted by Gasteiger charge is 2.19. The topological polar surface area (TPSA) is 132 Å². The van der Waals surface area contributed by atoms with Crippen LogP contribution in [0.1, 0.15) is 33.5 Å². The number of nitrogens with one attached hydrogen (secondary N) is 1. The summed E-state index contributed by atoms with van der Waals surface area (Å²) >= 11 is 7.15. The fraction of sp³-hybridized carbons (Fsp3) is 0.192. The summed E-state index contributed by atoms with van der Waals surface area (Å²) < 4.78 is 9.11. The van der Waals surface area contributed by atoms with Crippen molar-refractivity contribution in [1.29, 1.82) is 0 Å². The van der Waals surface area contributed by atoms with Gasteiger partial charge >= 0.3 is 11.7 Å². The Labute approximate surface area is 224 Å². The van der Waals surface area contributed by atoms with Crippen LogP contribution < -0.4 is 16.0 Å². The molecule has 38 heavy (non-hydrogen) atoms. The molecule has 5 rings (SSSR count). The lowest BCUT2D eigenvalue weighted by molar-refractivity contribution is 0.0702. The number of hydrogen-bond acceptors (Lipinski definition) is 7. The van der Waals surface area contributed by atoms with Crippen LogP contribution >= 0.6 is 22.9 Å². The second-order valence-electron chi connectivity index (χ2n) is 8.52. The standard InChI is InChI=1S/C26H22ClN5O5S/c1-3-31-20(13-37-24-14(2)10-16(11-28-24)18-8-9-19(38-18)25(34)35)29-22-21(31)23(33)30-26(36)32(22)12-15-4-6-17(27)7-5-15/h4-11H,3,12-13H2,1-2H3,(H,34,35)(H,30,33,36). The van der Waals surface area contributed by atoms with Gasteiger partial charge in [-0.15, -0.1) is 11.3 Å². The van der Waals surface area contributed by atoms with Crippen molar-refractivity contribution in [2.75, 3.05) is 0 Å². The first kappa shape index (κ1) is 25.4. The van der Waals surface area contributed by atoms with E-state index >= 15 is 0 Å². The molecule has 1 aromatic carbocycles. The van der Waals surface area contributed by atoms with Gasteiger partial charge in [0.1, 0.15) is 17.3 Å². The molecule has 0 saturated heterocycles. The number of hydrogen-bond donors (Lipinski definition) is 2. The summed E-state index contributed by atoms with van der Waals surface area (Å²) in [4.78, 5) is 49.1. The Morgan fingerprint density at radius 2 is 1.92 bits per heavy atom. The van der Waals surface area contributed by atoms with Gasteiger partial charge in [0, 0.05) is 33.8 Å². The molecule has 12 heteroatoms. The highest BCUT2D eigenvalue weighted by molar-refractivity contribution is 7.17. The van der Waals surface area contributed by atoms with Gasteiger partial charge in [0.2, 0.25) is 5.88 Å². The molecule has 0 spiro atoms. The molecule has 194 valence electrons. The number of aromatic carboxylic acids is 1. The number of halogens is 1. The Bertz CT molecular complexity index is 1780. The molecule has 0 bridgehead atoms. The monoisotopic (exact) mass is 551 g/mol. The molecule has 4 heterocycles. The van der Waals surface area contributed by atoms with E-state index in [9.17, 15) is 19.5 Å². The number of pyridine rings is 1. The number of imidazole rings is 1. The van der Waals surface area contributed by atoms with Crippen molar-refractivity contribution < 1.29 is 14.6 Å². The molecule has 5 aromatic rings. The lowest BCUT2D eigenvalue weighted by Gasteiger charge is -2.10. The molecule has 0 saturated carbocycles. The number of carboxylic acids is 1. The average Bonchev–Trinajstić information content (AvgIpc) is 3.53. The van der Waals surface area contributed by atoms with Crippen LogP contribution in [0.25, 0.3) is 21.6 Å². The number of fused-ring (bicyclic) bond motifs is 1. The molecule has 0 aliphatic carbocycles. The van der Waals surface area contributed by atoms with Gasteiger partial charge in [-0.3, -0.25) is 14.3 Å². The van der Waals surface area contributed by atoms with Gasteiger partial charge in [-0.05, 0) is 49.7 Å². The zero-order chi connectivity index (χ0) is 27.0. The zero-order valence-electron chi connectivity index (χ0n) is 20.4. The van der Waals surface area contributed by atoms with Gasteiger partial charge in [-0.2, -0.15) is 0 Å². The maximum absolute atomic E-state index is 12.8. The van der Waals surface area contributed by atoms with Crippen molar-refractivity contribution >= 4 is 40.1 Å². The van der Waals surface area contributed by atoms with Gasteiger partial charge < -0.3 is 14.4 Å². The predicted octanol–water partition coefficient (Wildman–Crippen LogP) is 4.32. The molecule has 0 radical (unpaired) electrons. The van der Waals surface area contributed by atoms with Crippen LogP contribution in [0.4, 0.5) is 0 Å². The summed E-state index contributed by atoms with van der Waals surface area (Å²) in [6.45, 7) is 4.39. The Kier molecular flexibility index (Phi) is 6.87. The maximum Gasteiger partial charge on any atom is 0.345 e. The van der Waals surface area contributed by atoms with E-state index in [0.717, 1.165) is 21.6 Å². The number of aromatic amines is 1. The van der Waals surface area contributed by atoms with Gasteiger partial charge in [0.15, 0.2) is 11.2 Å². The van der Waals surface area contributed by atoms with Gasteiger partial charge in [0.25, 0.3) is 5.56 Å². The summed E-state index contributed by atoms with van der Waals surface area (Å²) in [5, 5.41) is 9.76. The van der Waals surface area contributed by atoms with Crippen LogP contribution in [0, 0.1) is 6.92 Å². The third-order valence-corrected chi connectivity index (χ3v) is 7.38. The van der Waals surface area contributed by atoms with Crippen LogP contribution in [0.3, 0.4) is 0 Å². The molecular formula is C26H22ClN5O5S. The third-order valence-electron chi connectivity index (χ3n) is 6.00. The van der Waals surface area contributed by atoms with E-state index in [0.29, 0.717) is 23.3 Å². The summed E-state index contributed by atoms with van der Waals surface area (Å²) in [5.74, 6) is -0.119. The number of ether oxygens (including phenoxy) is 1. The Balaban J connectivity index is 1.45. The SMILES string of the molecule is CCn1c(COc2ncc(-c3ccc(C(=O)O)s3)cc2C)nc2c1c(=O)[nH]c(=O)n2Cc1ccc(Cl)cc1. The van der Waals surface area contributed by atoms with E-state index in [2.05, 4.69) is 15.0 Å². The van der Waals surface area contributed by atoms with Crippen LogP contribution in [0.15, 0.2) is 58.3 Å². The van der Waals surface area contributed by atoms with Crippen molar-refractivity contribution in [1.82, 2.24) is 24.1 Å². The van der Waals surface area contributed by atoms with Crippen LogP contribution in [0.2, 0.25) is 5.02 Å². The number of aromatic nitrogens is 5. The van der Waals surface area contributed by atoms with Crippen LogP contribution in [0.5, 0.6) is 5.88 Å². The lowest BCUT2D eigenvalue weighted by Crippen LogP contribution is -2.31. The second kappa shape index (κ2) is 10.3. The van der Waals surface area contributed by atoms with E-state index in [1.54, 1.807) is 35.0 Å². The molecule has 2 N–H and O–H groups in total. The highest BCUT2D eigenvalue weighted by atomic mass is 35.5. The van der Waals surface area contributed by atoms with Crippen molar-refractivity contribution in [3.05, 3.63) is 96.4 Å². The second-order valence-corrected chi connectivity index (χ2v) is 10.0. The molecule has 0 aliphatic heterocycles. The molecule has 0 unspecified atom stereocenters. The average molecular weight is 552 g/mol. The maximum atomic E-state index is 12.8. The molecule has 4 aromatic heterocycles. The minimum Gasteiger partial charge on any atom is -0.477 e. The van der Waals surface area contributed by atoms with Gasteiger partial charge in [-0.1, -0.05) is 23.7 Å². The quantitative estimate of drug-likeness (QED) is 0.293. The first-order valence-electron chi connectivity index (χ1n) is 11.6. The Morgan fingerprint density at radius 3 is 2.58 bits per heavy atom. The minimum atomic E-state index is -0.970. The first-order valence-corrected chi connectivity index (χ1v) is 12.8. The summed E-state index contributed by atoms with van der Waals surface area (Å²) in [7, 11) is 0. The zero-order valence-corrected chi connectivity index (χ0v) is 22.0. The van der Waals surface area contributed by atoms with Gasteiger partial charge in [0.05, 0.1) is 6.54 Å². The number of rotatable bonds is 8. The van der Waals surface area contributed by atoms with Crippen molar-refractivity contribution in [2.45, 2.75) is 33.5 Å². The van der Waals surface area contributed by atoms with E-state index in [4.69, 9.17) is 16.3 Å². The number of carboxylic acid groups (broad SMARTS) is 1. The number of aryl methyl sites for hydroxylation is 2. The van der Waals surface area contributed by atoms with E-state index in [1.807, 2.05) is 32.0 Å². The van der Waals surface area contributed by atoms with Crippen LogP contribution in [-0.4, -0.2) is 35.2 Å². The lowest BCUT2D eigenvalue weighted by atomic mass is 10.2. The van der Waals surface area contributed by atoms with E-state index in [-0.39, 0.29) is 29.2 Å². The molecular weight excluding hydrogens is 530 g/mol. The van der Waals surface area contributed by atoms with E-state index in [1.165, 1.54) is 15.9 Å². The fourth-order valence-corrected chi connectivity index (χ4v) is 5.13. The summed E-state index contributed by atoms with van der Waals surface area (Å²) in [5.41, 5.74) is 1.84. The number of H-pyrrole nitrogens is 1. The Morgan fingerprint density at radius 1 is 1.16 bits per heavy atom. The number of benzene rings is 1. The van der Waals surface area contributed by atoms with Crippen LogP contribution in [-0.2, 0) is 19.7 Å². The Hall–Kier alpha value is -4.22. The third kappa shape index (κ3) is 4.85. The fourth-order valence-electron chi connectivity index (χ4n) is 4.18. The van der Waals surface area contributed by atoms with E-state index < -0.39 is 17.2 Å². The highest BCUT2D eigenvalue weighted by Crippen LogP contribution is 2.30. The number of nitrogens with zero attached hydrogens (tertiary/aromatic N) is 4. The first-order chi connectivity index (χ1) is 18.2. The normalized spacial score (nSPS) is 11.2. The smallest absolute Gasteiger partial charge is 0.345 e. The summed E-state index contributed by atoms with van der Waals surface area (Å²) in [6, 6.07) is 12.3. The molecule has 10 nitrogen and oxygen atoms in total. The molecule has 0 amide bonds. The van der Waals surface area contributed by atoms with Crippen molar-refractivity contribution in [3.63, 3.8) is 0 Å². The molecule has 0 aliphatic rings. The van der Waals surface area contributed by atoms with Crippen molar-refractivity contribution in [3.8, 4) is 16.3 Å².